The molecule has 0 aromatic rings. The fourth-order valence-electron chi connectivity index (χ4n) is 1.79. The van der Waals surface area contributed by atoms with Gasteiger partial charge in [-0.3, -0.25) is 4.79 Å². The van der Waals surface area contributed by atoms with Crippen molar-refractivity contribution in [2.24, 2.45) is 5.92 Å². The van der Waals surface area contributed by atoms with E-state index in [1.807, 2.05) is 0 Å². The summed E-state index contributed by atoms with van der Waals surface area (Å²) in [7, 11) is 0. The van der Waals surface area contributed by atoms with Gasteiger partial charge in [-0.2, -0.15) is 0 Å². The minimum atomic E-state index is 0.154. The maximum Gasteiger partial charge on any atom is 0.233 e. The molecule has 0 radical (unpaired) electrons. The molecule has 1 saturated carbocycles. The summed E-state index contributed by atoms with van der Waals surface area (Å²) in [6, 6.07) is 0.618. The minimum Gasteiger partial charge on any atom is -0.355 e. The van der Waals surface area contributed by atoms with Gasteiger partial charge in [-0.1, -0.05) is 33.1 Å². The highest BCUT2D eigenvalue weighted by molar-refractivity contribution is 5.78. The normalized spacial score (nSPS) is 17.1. The molecule has 0 aliphatic heterocycles. The number of amides is 1. The number of rotatable bonds is 9. The second-order valence-corrected chi connectivity index (χ2v) is 4.88. The molecule has 1 rings (SSSR count). The van der Waals surface area contributed by atoms with Crippen LogP contribution in [-0.2, 0) is 4.79 Å². The Kier molecular flexibility index (Phi) is 6.46. The van der Waals surface area contributed by atoms with Crippen molar-refractivity contribution in [3.63, 3.8) is 0 Å². The number of nitrogens with one attached hydrogen (secondary N) is 2. The van der Waals surface area contributed by atoms with Crippen LogP contribution in [0.5, 0.6) is 0 Å². The monoisotopic (exact) mass is 226 g/mol. The molecule has 0 aromatic carbocycles. The maximum absolute atomic E-state index is 11.5. The average molecular weight is 226 g/mol. The van der Waals surface area contributed by atoms with E-state index in [1.54, 1.807) is 0 Å². The Morgan fingerprint density at radius 2 is 2.12 bits per heavy atom. The summed E-state index contributed by atoms with van der Waals surface area (Å²) in [6.07, 6.45) is 7.39. The van der Waals surface area contributed by atoms with Crippen molar-refractivity contribution in [1.82, 2.24) is 10.6 Å². The van der Waals surface area contributed by atoms with Crippen molar-refractivity contribution in [2.45, 2.75) is 58.4 Å². The predicted molar refractivity (Wildman–Crippen MR) is 67.3 cm³/mol. The topological polar surface area (TPSA) is 41.1 Å². The number of hydrogen-bond acceptors (Lipinski definition) is 2. The lowest BCUT2D eigenvalue weighted by Crippen LogP contribution is -2.37. The zero-order valence-electron chi connectivity index (χ0n) is 10.7. The van der Waals surface area contributed by atoms with Crippen LogP contribution in [0.4, 0.5) is 0 Å². The molecule has 1 aliphatic rings. The van der Waals surface area contributed by atoms with Gasteiger partial charge >= 0.3 is 0 Å². The molecule has 0 heterocycles. The fourth-order valence-corrected chi connectivity index (χ4v) is 1.79. The predicted octanol–water partition coefficient (Wildman–Crippen LogP) is 2.07. The molecular formula is C13H26N2O. The number of hydrogen-bond donors (Lipinski definition) is 2. The first-order valence-electron chi connectivity index (χ1n) is 6.76. The summed E-state index contributed by atoms with van der Waals surface area (Å²) in [4.78, 5) is 11.5. The highest BCUT2D eigenvalue weighted by atomic mass is 16.1. The smallest absolute Gasteiger partial charge is 0.233 e. The van der Waals surface area contributed by atoms with Crippen LogP contribution in [0.3, 0.4) is 0 Å². The largest absolute Gasteiger partial charge is 0.355 e. The summed E-state index contributed by atoms with van der Waals surface area (Å²) in [5, 5.41) is 6.25. The fraction of sp³-hybridized carbons (Fsp3) is 0.923. The van der Waals surface area contributed by atoms with E-state index >= 15 is 0 Å². The van der Waals surface area contributed by atoms with Gasteiger partial charge in [0.25, 0.3) is 0 Å². The third kappa shape index (κ3) is 6.11. The highest BCUT2D eigenvalue weighted by Gasteiger charge is 2.21. The van der Waals surface area contributed by atoms with Gasteiger partial charge in [0.05, 0.1) is 6.54 Å². The lowest BCUT2D eigenvalue weighted by molar-refractivity contribution is -0.120. The first-order chi connectivity index (χ1) is 7.76. The Morgan fingerprint density at radius 1 is 1.38 bits per heavy atom. The van der Waals surface area contributed by atoms with Gasteiger partial charge in [-0.15, -0.1) is 0 Å². The molecule has 1 aliphatic carbocycles. The zero-order chi connectivity index (χ0) is 11.8. The lowest BCUT2D eigenvalue weighted by atomic mass is 9.99. The third-order valence-corrected chi connectivity index (χ3v) is 3.26. The summed E-state index contributed by atoms with van der Waals surface area (Å²) in [5.74, 6) is 0.812. The molecule has 0 bridgehead atoms. The summed E-state index contributed by atoms with van der Waals surface area (Å²) in [6.45, 7) is 5.76. The maximum atomic E-state index is 11.5. The Balaban J connectivity index is 2.02. The average Bonchev–Trinajstić information content (AvgIpc) is 3.10. The third-order valence-electron chi connectivity index (χ3n) is 3.26. The molecule has 0 unspecified atom stereocenters. The van der Waals surface area contributed by atoms with Gasteiger partial charge in [0.2, 0.25) is 5.91 Å². The van der Waals surface area contributed by atoms with Gasteiger partial charge in [-0.25, -0.2) is 0 Å². The molecule has 3 heteroatoms. The van der Waals surface area contributed by atoms with Gasteiger partial charge in [0.15, 0.2) is 0 Å². The van der Waals surface area contributed by atoms with E-state index in [0.29, 0.717) is 18.5 Å². The van der Waals surface area contributed by atoms with Crippen LogP contribution in [0.1, 0.15) is 52.4 Å². The van der Waals surface area contributed by atoms with Crippen LogP contribution in [0, 0.1) is 5.92 Å². The van der Waals surface area contributed by atoms with Crippen molar-refractivity contribution in [2.75, 3.05) is 13.1 Å². The van der Waals surface area contributed by atoms with E-state index in [9.17, 15) is 4.79 Å². The standard InChI is InChI=1S/C13H26N2O/c1-3-5-6-11(4-2)9-15-13(16)10-14-12-7-8-12/h11-12,14H,3-10H2,1-2H3,(H,15,16)/t11-/m0/s1. The van der Waals surface area contributed by atoms with Crippen molar-refractivity contribution >= 4 is 5.91 Å². The molecule has 0 saturated heterocycles. The molecule has 1 fully saturated rings. The van der Waals surface area contributed by atoms with Crippen LogP contribution in [0.15, 0.2) is 0 Å². The van der Waals surface area contributed by atoms with E-state index in [1.165, 1.54) is 32.1 Å². The van der Waals surface area contributed by atoms with Crippen molar-refractivity contribution in [3.05, 3.63) is 0 Å². The molecule has 3 nitrogen and oxygen atoms in total. The molecule has 16 heavy (non-hydrogen) atoms. The second kappa shape index (κ2) is 7.66. The molecule has 1 amide bonds. The molecule has 2 N–H and O–H groups in total. The molecule has 94 valence electrons. The van der Waals surface area contributed by atoms with Gasteiger partial charge in [0.1, 0.15) is 0 Å². The first kappa shape index (κ1) is 13.5. The molecule has 0 aromatic heterocycles. The van der Waals surface area contributed by atoms with Crippen molar-refractivity contribution in [3.8, 4) is 0 Å². The van der Waals surface area contributed by atoms with E-state index in [2.05, 4.69) is 24.5 Å². The highest BCUT2D eigenvalue weighted by Crippen LogP contribution is 2.17. The molecular weight excluding hydrogens is 200 g/mol. The van der Waals surface area contributed by atoms with E-state index in [0.717, 1.165) is 13.0 Å². The minimum absolute atomic E-state index is 0.154. The van der Waals surface area contributed by atoms with E-state index < -0.39 is 0 Å². The van der Waals surface area contributed by atoms with Gasteiger partial charge < -0.3 is 10.6 Å². The Morgan fingerprint density at radius 3 is 2.69 bits per heavy atom. The Labute approximate surface area is 99.4 Å². The number of unbranched alkanes of at least 4 members (excludes halogenated alkanes) is 1. The van der Waals surface area contributed by atoms with Crippen LogP contribution < -0.4 is 10.6 Å². The second-order valence-electron chi connectivity index (χ2n) is 4.88. The van der Waals surface area contributed by atoms with E-state index in [4.69, 9.17) is 0 Å². The van der Waals surface area contributed by atoms with Crippen LogP contribution >= 0.6 is 0 Å². The summed E-state index contributed by atoms with van der Waals surface area (Å²) >= 11 is 0. The molecule has 1 atom stereocenters. The van der Waals surface area contributed by atoms with Gasteiger partial charge in [-0.05, 0) is 25.2 Å². The SMILES string of the molecule is CCCC[C@H](CC)CNC(=O)CNC1CC1. The van der Waals surface area contributed by atoms with Crippen LogP contribution in [-0.4, -0.2) is 25.0 Å². The van der Waals surface area contributed by atoms with E-state index in [-0.39, 0.29) is 5.91 Å². The first-order valence-corrected chi connectivity index (χ1v) is 6.76. The zero-order valence-corrected chi connectivity index (χ0v) is 10.7. The van der Waals surface area contributed by atoms with Gasteiger partial charge in [0, 0.05) is 12.6 Å². The quantitative estimate of drug-likeness (QED) is 0.632. The van der Waals surface area contributed by atoms with Crippen molar-refractivity contribution in [1.29, 1.82) is 0 Å². The van der Waals surface area contributed by atoms with Crippen molar-refractivity contribution < 1.29 is 4.79 Å². The lowest BCUT2D eigenvalue weighted by Gasteiger charge is -2.15. The number of carbonyl (C=O) groups excluding carboxylic acids is 1. The Bertz CT molecular complexity index is 202. The van der Waals surface area contributed by atoms with Crippen LogP contribution in [0.2, 0.25) is 0 Å². The Hall–Kier alpha value is -0.570. The molecule has 0 spiro atoms. The van der Waals surface area contributed by atoms with Crippen LogP contribution in [0.25, 0.3) is 0 Å². The number of carbonyl (C=O) groups is 1. The summed E-state index contributed by atoms with van der Waals surface area (Å²) < 4.78 is 0. The summed E-state index contributed by atoms with van der Waals surface area (Å²) in [5.41, 5.74) is 0.